The fraction of sp³-hybridized carbons (Fsp3) is 0. The minimum atomic E-state index is -3.91. The first-order chi connectivity index (χ1) is 8.24. The van der Waals surface area contributed by atoms with Crippen molar-refractivity contribution in [3.05, 3.63) is 49.6 Å². The zero-order valence-electron chi connectivity index (χ0n) is 8.39. The minimum absolute atomic E-state index is 0.353. The topological polar surface area (TPSA) is 187 Å². The van der Waals surface area contributed by atoms with Crippen molar-refractivity contribution in [3.8, 4) is 0 Å². The summed E-state index contributed by atoms with van der Waals surface area (Å²) < 4.78 is 21.2. The van der Waals surface area contributed by atoms with Crippen molar-refractivity contribution in [1.82, 2.24) is 0 Å². The summed E-state index contributed by atoms with van der Waals surface area (Å²) in [7, 11) is 1.01. The van der Waals surface area contributed by atoms with Gasteiger partial charge in [-0.3, -0.25) is 14.5 Å². The first-order valence-electron chi connectivity index (χ1n) is 3.66. The second-order valence-corrected chi connectivity index (χ2v) is 4.80. The van der Waals surface area contributed by atoms with Gasteiger partial charge in [0.15, 0.2) is 0 Å². The lowest BCUT2D eigenvalue weighted by Gasteiger charge is -1.99. The molecule has 0 spiro atoms. The van der Waals surface area contributed by atoms with Gasteiger partial charge in [0.05, 0.1) is 4.91 Å². The Morgan fingerprint density at radius 1 is 1.11 bits per heavy atom. The third kappa shape index (κ3) is 7.91. The highest BCUT2D eigenvalue weighted by Gasteiger charge is 2.20. The van der Waals surface area contributed by atoms with E-state index >= 15 is 0 Å². The van der Waals surface area contributed by atoms with Gasteiger partial charge in [0.2, 0.25) is 11.6 Å². The highest BCUT2D eigenvalue weighted by molar-refractivity contribution is 8.17. The van der Waals surface area contributed by atoms with Crippen molar-refractivity contribution in [1.29, 1.82) is 5.53 Å². The Morgan fingerprint density at radius 2 is 1.50 bits per heavy atom. The van der Waals surface area contributed by atoms with E-state index in [1.54, 1.807) is 4.91 Å². The average molecular weight is 292 g/mol. The van der Waals surface area contributed by atoms with Gasteiger partial charge in [-0.15, -0.1) is 5.53 Å². The summed E-state index contributed by atoms with van der Waals surface area (Å²) in [5.41, 5.74) is 25.8. The van der Waals surface area contributed by atoms with Crippen LogP contribution in [0.3, 0.4) is 0 Å². The Balaban J connectivity index is 0. The van der Waals surface area contributed by atoms with Gasteiger partial charge in [0.25, 0.3) is 9.05 Å². The van der Waals surface area contributed by atoms with E-state index in [-0.39, 0.29) is 4.91 Å². The smallest absolute Gasteiger partial charge is 0.261 e. The third-order valence-electron chi connectivity index (χ3n) is 1.20. The van der Waals surface area contributed by atoms with Crippen molar-refractivity contribution in [3.63, 3.8) is 0 Å². The highest BCUT2D eigenvalue weighted by atomic mass is 35.7. The number of rotatable bonds is 1. The molecule has 0 unspecified atom stereocenters. The van der Waals surface area contributed by atoms with E-state index in [2.05, 4.69) is 0 Å². The molecule has 0 aromatic carbocycles. The molecule has 12 heteroatoms. The summed E-state index contributed by atoms with van der Waals surface area (Å²) >= 11 is 0. The van der Waals surface area contributed by atoms with Crippen LogP contribution in [-0.4, -0.2) is 20.0 Å². The number of carbonyl (C=O) groups is 2. The van der Waals surface area contributed by atoms with Crippen molar-refractivity contribution in [2.75, 3.05) is 0 Å². The maximum Gasteiger partial charge on any atom is 0.261 e. The van der Waals surface area contributed by atoms with Gasteiger partial charge < -0.3 is 11.1 Å². The molecule has 1 aliphatic carbocycles. The molecule has 0 bridgehead atoms. The minimum Gasteiger partial charge on any atom is -0.373 e. The second kappa shape index (κ2) is 8.79. The molecule has 0 heterocycles. The van der Waals surface area contributed by atoms with Crippen LogP contribution >= 0.6 is 10.7 Å². The number of hydrogen-bond donors (Lipinski definition) is 1. The first-order valence-corrected chi connectivity index (χ1v) is 5.97. The molecule has 0 aromatic rings. The molecule has 0 aromatic heterocycles. The number of allylic oxidation sites excluding steroid dienone is 3. The normalized spacial score (nSPS) is 12.8. The molecule has 10 nitrogen and oxygen atoms in total. The molecule has 1 N–H and O–H groups in total. The number of halogens is 1. The van der Waals surface area contributed by atoms with Gasteiger partial charge in [0, 0.05) is 16.8 Å². The van der Waals surface area contributed by atoms with E-state index < -0.39 is 20.6 Å². The fourth-order valence-electron chi connectivity index (χ4n) is 0.640. The molecule has 1 aliphatic rings. The van der Waals surface area contributed by atoms with Crippen molar-refractivity contribution in [2.45, 2.75) is 0 Å². The number of hydrogen-bond acceptors (Lipinski definition) is 5. The molecular weight excluding hydrogens is 288 g/mol. The molecular formula is C6H4ClN6O4S-. The van der Waals surface area contributed by atoms with E-state index in [4.69, 9.17) is 32.8 Å². The highest BCUT2D eigenvalue weighted by Crippen LogP contribution is 2.16. The molecule has 96 valence electrons. The predicted molar refractivity (Wildman–Crippen MR) is 61.5 cm³/mol. The first kappa shape index (κ1) is 18.1. The maximum atomic E-state index is 10.7. The van der Waals surface area contributed by atoms with Crippen LogP contribution in [0.1, 0.15) is 0 Å². The van der Waals surface area contributed by atoms with Crippen LogP contribution in [-0.2, 0) is 18.6 Å². The van der Waals surface area contributed by atoms with Crippen molar-refractivity contribution in [2.24, 2.45) is 0 Å². The molecule has 0 amide bonds. The largest absolute Gasteiger partial charge is 0.373 e. The van der Waals surface area contributed by atoms with E-state index in [1.165, 1.54) is 4.91 Å². The van der Waals surface area contributed by atoms with Crippen LogP contribution in [0.15, 0.2) is 23.1 Å². The zero-order chi connectivity index (χ0) is 14.8. The van der Waals surface area contributed by atoms with Crippen molar-refractivity contribution >= 4 is 31.3 Å². The molecule has 18 heavy (non-hydrogen) atoms. The van der Waals surface area contributed by atoms with E-state index in [0.29, 0.717) is 6.08 Å². The van der Waals surface area contributed by atoms with Gasteiger partial charge in [-0.05, 0) is 22.6 Å². The van der Waals surface area contributed by atoms with Crippen molar-refractivity contribution < 1.29 is 18.0 Å². The summed E-state index contributed by atoms with van der Waals surface area (Å²) in [5, 5.41) is 0. The van der Waals surface area contributed by atoms with Gasteiger partial charge in [-0.1, -0.05) is 0 Å². The molecule has 0 atom stereocenters. The molecule has 0 fully saturated rings. The number of nitrogens with zero attached hydrogens (tertiary/aromatic N) is 5. The molecule has 1 rings (SSSR count). The van der Waals surface area contributed by atoms with Crippen LogP contribution in [0, 0.1) is 5.53 Å². The maximum absolute atomic E-state index is 10.7. The molecule has 0 saturated carbocycles. The lowest BCUT2D eigenvalue weighted by atomic mass is 10.1. The second-order valence-electron chi connectivity index (χ2n) is 2.24. The van der Waals surface area contributed by atoms with Crippen LogP contribution in [0.2, 0.25) is 0 Å². The summed E-state index contributed by atoms with van der Waals surface area (Å²) in [4.78, 5) is 24.1. The van der Waals surface area contributed by atoms with Crippen LogP contribution in [0.5, 0.6) is 0 Å². The van der Waals surface area contributed by atoms with E-state index in [0.717, 1.165) is 12.2 Å². The van der Waals surface area contributed by atoms with E-state index in [1.807, 2.05) is 0 Å². The lowest BCUT2D eigenvalue weighted by molar-refractivity contribution is -0.131. The Kier molecular flexibility index (Phi) is 8.82. The quantitative estimate of drug-likeness (QED) is 0.193. The lowest BCUT2D eigenvalue weighted by Crippen LogP contribution is -2.13. The monoisotopic (exact) mass is 291 g/mol. The average Bonchev–Trinajstić information content (AvgIpc) is 2.23. The fourth-order valence-corrected chi connectivity index (χ4v) is 1.41. The summed E-state index contributed by atoms with van der Waals surface area (Å²) in [6.07, 6.45) is 2.56. The molecule has 0 aliphatic heterocycles. The predicted octanol–water partition coefficient (Wildman–Crippen LogP) is 1.89. The summed E-state index contributed by atoms with van der Waals surface area (Å²) in [6.45, 7) is 0. The third-order valence-corrected chi connectivity index (χ3v) is 2.55. The number of nitrogens with one attached hydrogen (secondary N) is 1. The zero-order valence-corrected chi connectivity index (χ0v) is 9.96. The standard InChI is InChI=1S/C6H3ClO4S.HN3.N3/c7-12(10,11)4-1-2-5(8)6(9)3-4;2*1-3-2/h1-3H;1H;/q;;-1. The SMILES string of the molecule is O=C1C=CC(S(=O)(=O)Cl)=CC1=O.[N-]=[N+]=N.[N-]=[N+]=[N-]. The number of ketones is 2. The van der Waals surface area contributed by atoms with Crippen LogP contribution in [0.4, 0.5) is 0 Å². The summed E-state index contributed by atoms with van der Waals surface area (Å²) in [5.74, 6) is -1.63. The summed E-state index contributed by atoms with van der Waals surface area (Å²) in [6, 6.07) is 0. The van der Waals surface area contributed by atoms with Gasteiger partial charge in [-0.25, -0.2) is 8.42 Å². The Hall–Kier alpha value is -2.32. The van der Waals surface area contributed by atoms with Crippen LogP contribution in [0.25, 0.3) is 26.4 Å². The Labute approximate surface area is 105 Å². The Morgan fingerprint density at radius 3 is 1.78 bits per heavy atom. The van der Waals surface area contributed by atoms with Crippen LogP contribution < -0.4 is 0 Å². The number of carbonyl (C=O) groups excluding carboxylic acids is 2. The Bertz CT molecular complexity index is 553. The molecule has 0 radical (unpaired) electrons. The van der Waals surface area contributed by atoms with E-state index in [9.17, 15) is 18.0 Å². The molecule has 0 saturated heterocycles. The van der Waals surface area contributed by atoms with Gasteiger partial charge >= 0.3 is 0 Å². The van der Waals surface area contributed by atoms with Gasteiger partial charge in [0.1, 0.15) is 0 Å². The van der Waals surface area contributed by atoms with Gasteiger partial charge in [-0.2, -0.15) is 0 Å².